The fraction of sp³-hybridized carbons (Fsp3) is 0.111. The number of aryl methyl sites for hydroxylation is 1. The Morgan fingerprint density at radius 3 is 2.83 bits per heavy atom. The number of primary amides is 1. The second kappa shape index (κ2) is 8.59. The molecule has 0 unspecified atom stereocenters. The van der Waals surface area contributed by atoms with Crippen LogP contribution in [0, 0.1) is 17.0 Å². The lowest BCUT2D eigenvalue weighted by molar-refractivity contribution is -0.385. The molecule has 0 aliphatic rings. The van der Waals surface area contributed by atoms with Crippen LogP contribution in [0.4, 0.5) is 5.69 Å². The zero-order chi connectivity index (χ0) is 22.0. The number of benzene rings is 2. The van der Waals surface area contributed by atoms with Crippen LogP contribution in [0.25, 0.3) is 10.9 Å². The van der Waals surface area contributed by atoms with E-state index in [9.17, 15) is 19.7 Å². The number of ether oxygens (including phenoxy) is 1. The van der Waals surface area contributed by atoms with E-state index in [2.05, 4.69) is 26.0 Å². The summed E-state index contributed by atoms with van der Waals surface area (Å²) in [5.41, 5.74) is 4.86. The predicted octanol–water partition coefficient (Wildman–Crippen LogP) is 2.78. The molecule has 3 rings (SSSR count). The molecular weight excluding hydrogens is 482 g/mol. The summed E-state index contributed by atoms with van der Waals surface area (Å²) in [4.78, 5) is 38.6. The van der Waals surface area contributed by atoms with Crippen LogP contribution in [0.15, 0.2) is 44.7 Å². The highest BCUT2D eigenvalue weighted by molar-refractivity contribution is 9.10. The van der Waals surface area contributed by atoms with E-state index in [1.165, 1.54) is 12.3 Å². The largest absolute Gasteiger partial charge is 0.476 e. The van der Waals surface area contributed by atoms with Gasteiger partial charge in [-0.1, -0.05) is 27.5 Å². The second-order valence-corrected chi connectivity index (χ2v) is 7.37. The van der Waals surface area contributed by atoms with Crippen molar-refractivity contribution in [2.75, 3.05) is 6.61 Å². The summed E-state index contributed by atoms with van der Waals surface area (Å²) in [6, 6.07) is 7.60. The van der Waals surface area contributed by atoms with Gasteiger partial charge in [0.15, 0.2) is 6.61 Å². The summed E-state index contributed by atoms with van der Waals surface area (Å²) in [6.45, 7) is 1.04. The number of carbonyl (C=O) groups is 1. The van der Waals surface area contributed by atoms with Gasteiger partial charge < -0.3 is 10.5 Å². The third-order valence-electron chi connectivity index (χ3n) is 3.89. The number of hydrogen-bond donors (Lipinski definition) is 1. The van der Waals surface area contributed by atoms with Crippen molar-refractivity contribution in [3.8, 4) is 5.75 Å². The third-order valence-corrected chi connectivity index (χ3v) is 4.67. The van der Waals surface area contributed by atoms with Gasteiger partial charge >= 0.3 is 5.69 Å². The number of aromatic nitrogens is 2. The first-order chi connectivity index (χ1) is 14.2. The van der Waals surface area contributed by atoms with Gasteiger partial charge in [-0.05, 0) is 31.2 Å². The van der Waals surface area contributed by atoms with Crippen molar-refractivity contribution >= 4 is 56.2 Å². The molecule has 1 heterocycles. The molecule has 0 aliphatic carbocycles. The van der Waals surface area contributed by atoms with Crippen LogP contribution in [0.5, 0.6) is 5.75 Å². The van der Waals surface area contributed by atoms with E-state index in [1.54, 1.807) is 25.1 Å². The molecule has 1 amide bonds. The lowest BCUT2D eigenvalue weighted by Gasteiger charge is -2.08. The summed E-state index contributed by atoms with van der Waals surface area (Å²) >= 11 is 9.38. The van der Waals surface area contributed by atoms with Crippen molar-refractivity contribution in [2.24, 2.45) is 10.8 Å². The Morgan fingerprint density at radius 2 is 2.17 bits per heavy atom. The van der Waals surface area contributed by atoms with Crippen molar-refractivity contribution in [3.05, 3.63) is 71.7 Å². The fourth-order valence-electron chi connectivity index (χ4n) is 2.62. The van der Waals surface area contributed by atoms with Gasteiger partial charge in [-0.15, -0.1) is 0 Å². The fourth-order valence-corrected chi connectivity index (χ4v) is 3.25. The molecule has 10 nitrogen and oxygen atoms in total. The molecular formula is C18H13BrClN5O5. The van der Waals surface area contributed by atoms with Crippen LogP contribution in [0.1, 0.15) is 11.4 Å². The molecule has 30 heavy (non-hydrogen) atoms. The zero-order valence-corrected chi connectivity index (χ0v) is 17.7. The summed E-state index contributed by atoms with van der Waals surface area (Å²) in [5.74, 6) is -0.771. The van der Waals surface area contributed by atoms with Gasteiger partial charge in [0.1, 0.15) is 5.82 Å². The van der Waals surface area contributed by atoms with Crippen LogP contribution in [-0.4, -0.2) is 33.3 Å². The molecule has 12 heteroatoms. The molecule has 3 aromatic rings. The highest BCUT2D eigenvalue weighted by Crippen LogP contribution is 2.35. The number of amides is 1. The summed E-state index contributed by atoms with van der Waals surface area (Å²) < 4.78 is 6.83. The predicted molar refractivity (Wildman–Crippen MR) is 114 cm³/mol. The average Bonchev–Trinajstić information content (AvgIpc) is 2.67. The molecule has 2 aromatic carbocycles. The van der Waals surface area contributed by atoms with Gasteiger partial charge in [0.2, 0.25) is 5.75 Å². The Hall–Kier alpha value is -3.31. The number of nitro benzene ring substituents is 1. The van der Waals surface area contributed by atoms with E-state index in [1.807, 2.05) is 0 Å². The number of nitrogens with two attached hydrogens (primary N) is 1. The minimum Gasteiger partial charge on any atom is -0.476 e. The van der Waals surface area contributed by atoms with Crippen LogP contribution in [0.2, 0.25) is 5.02 Å². The Labute approximate surface area is 182 Å². The Morgan fingerprint density at radius 1 is 1.43 bits per heavy atom. The number of fused-ring (bicyclic) bond motifs is 1. The Kier molecular flexibility index (Phi) is 6.13. The van der Waals surface area contributed by atoms with Crippen molar-refractivity contribution < 1.29 is 14.5 Å². The topological polar surface area (TPSA) is 143 Å². The third kappa shape index (κ3) is 4.47. The summed E-state index contributed by atoms with van der Waals surface area (Å²) in [6.07, 6.45) is 1.23. The van der Waals surface area contributed by atoms with E-state index in [0.717, 1.165) is 10.7 Å². The average molecular weight is 495 g/mol. The first kappa shape index (κ1) is 21.4. The Bertz CT molecular complexity index is 1270. The molecule has 0 fully saturated rings. The summed E-state index contributed by atoms with van der Waals surface area (Å²) in [7, 11) is 0. The maximum atomic E-state index is 12.8. The highest BCUT2D eigenvalue weighted by atomic mass is 79.9. The number of halogens is 2. The smallest absolute Gasteiger partial charge is 0.313 e. The van der Waals surface area contributed by atoms with Crippen molar-refractivity contribution in [1.82, 2.24) is 9.66 Å². The molecule has 0 bridgehead atoms. The van der Waals surface area contributed by atoms with E-state index in [0.29, 0.717) is 21.2 Å². The molecule has 0 radical (unpaired) electrons. The molecule has 0 atom stereocenters. The maximum absolute atomic E-state index is 12.8. The lowest BCUT2D eigenvalue weighted by atomic mass is 10.2. The highest BCUT2D eigenvalue weighted by Gasteiger charge is 2.21. The zero-order valence-electron chi connectivity index (χ0n) is 15.3. The molecule has 1 aromatic heterocycles. The van der Waals surface area contributed by atoms with E-state index < -0.39 is 28.7 Å². The van der Waals surface area contributed by atoms with Gasteiger partial charge in [-0.2, -0.15) is 9.78 Å². The normalized spacial score (nSPS) is 11.2. The molecule has 0 spiro atoms. The van der Waals surface area contributed by atoms with Crippen LogP contribution >= 0.6 is 27.5 Å². The number of carbonyl (C=O) groups excluding carboxylic acids is 1. The van der Waals surface area contributed by atoms with Gasteiger partial charge in [-0.3, -0.25) is 19.7 Å². The first-order valence-corrected chi connectivity index (χ1v) is 9.46. The number of hydrogen-bond acceptors (Lipinski definition) is 7. The van der Waals surface area contributed by atoms with Crippen LogP contribution in [-0.2, 0) is 4.79 Å². The van der Waals surface area contributed by atoms with Crippen LogP contribution < -0.4 is 16.0 Å². The van der Waals surface area contributed by atoms with Gasteiger partial charge in [0, 0.05) is 16.1 Å². The molecule has 0 saturated carbocycles. The number of nitro groups is 1. The number of rotatable bonds is 6. The van der Waals surface area contributed by atoms with Crippen molar-refractivity contribution in [1.29, 1.82) is 0 Å². The Balaban J connectivity index is 2.05. The van der Waals surface area contributed by atoms with Crippen LogP contribution in [0.3, 0.4) is 0 Å². The van der Waals surface area contributed by atoms with Crippen molar-refractivity contribution in [2.45, 2.75) is 6.92 Å². The molecule has 0 saturated heterocycles. The van der Waals surface area contributed by atoms with Gasteiger partial charge in [0.25, 0.3) is 11.5 Å². The lowest BCUT2D eigenvalue weighted by Crippen LogP contribution is -2.21. The first-order valence-electron chi connectivity index (χ1n) is 8.29. The number of nitrogens with zero attached hydrogens (tertiary/aromatic N) is 4. The SMILES string of the molecule is Cc1nc2ccc(Br)cc2c(=O)n1N=Cc1cc(Cl)c(OCC(N)=O)c([N+](=O)[O-])c1. The standard InChI is InChI=1S/C18H13BrClN5O5/c1-9-23-14-3-2-11(19)6-12(14)18(27)24(9)22-7-10-4-13(20)17(30-8-16(21)26)15(5-10)25(28)29/h2-7H,8H2,1H3,(H2,21,26). The molecule has 154 valence electrons. The quantitative estimate of drug-likeness (QED) is 0.317. The second-order valence-electron chi connectivity index (χ2n) is 6.05. The molecule has 2 N–H and O–H groups in total. The molecule has 0 aliphatic heterocycles. The van der Waals surface area contributed by atoms with Gasteiger partial charge in [-0.25, -0.2) is 4.98 Å². The van der Waals surface area contributed by atoms with Gasteiger partial charge in [0.05, 0.1) is 27.1 Å². The monoisotopic (exact) mass is 493 g/mol. The van der Waals surface area contributed by atoms with E-state index >= 15 is 0 Å². The minimum absolute atomic E-state index is 0.114. The van der Waals surface area contributed by atoms with E-state index in [4.69, 9.17) is 22.1 Å². The van der Waals surface area contributed by atoms with E-state index in [-0.39, 0.29) is 16.3 Å². The maximum Gasteiger partial charge on any atom is 0.313 e. The summed E-state index contributed by atoms with van der Waals surface area (Å²) in [5, 5.41) is 15.7. The van der Waals surface area contributed by atoms with Crippen molar-refractivity contribution in [3.63, 3.8) is 0 Å². The minimum atomic E-state index is -0.809.